The molecule has 1 aliphatic heterocycles. The molecule has 0 amide bonds. The summed E-state index contributed by atoms with van der Waals surface area (Å²) in [6.45, 7) is 3.95. The van der Waals surface area contributed by atoms with Crippen LogP contribution in [-0.2, 0) is 9.53 Å². The summed E-state index contributed by atoms with van der Waals surface area (Å²) in [5.41, 5.74) is 0. The van der Waals surface area contributed by atoms with Crippen molar-refractivity contribution in [3.8, 4) is 0 Å². The second-order valence-corrected chi connectivity index (χ2v) is 3.30. The maximum Gasteiger partial charge on any atom is 0.306 e. The van der Waals surface area contributed by atoms with Crippen molar-refractivity contribution in [2.75, 3.05) is 6.61 Å². The zero-order valence-electron chi connectivity index (χ0n) is 6.91. The van der Waals surface area contributed by atoms with Crippen molar-refractivity contribution in [2.24, 2.45) is 11.8 Å². The first kappa shape index (κ1) is 8.53. The van der Waals surface area contributed by atoms with Crippen molar-refractivity contribution in [1.82, 2.24) is 0 Å². The van der Waals surface area contributed by atoms with E-state index in [2.05, 4.69) is 0 Å². The monoisotopic (exact) mass is 158 g/mol. The molecule has 0 aromatic rings. The number of carbonyl (C=O) groups excluding carboxylic acids is 1. The Balaban J connectivity index is 2.52. The van der Waals surface area contributed by atoms with Crippen molar-refractivity contribution in [1.29, 1.82) is 0 Å². The third-order valence-corrected chi connectivity index (χ3v) is 2.17. The first-order valence-corrected chi connectivity index (χ1v) is 3.95. The smallest absolute Gasteiger partial charge is 0.306 e. The molecule has 0 saturated carbocycles. The van der Waals surface area contributed by atoms with Gasteiger partial charge in [-0.15, -0.1) is 0 Å². The number of hydrogen-bond donors (Lipinski definition) is 1. The fraction of sp³-hybridized carbons (Fsp3) is 0.875. The van der Waals surface area contributed by atoms with Gasteiger partial charge in [-0.2, -0.15) is 0 Å². The van der Waals surface area contributed by atoms with E-state index in [1.54, 1.807) is 0 Å². The topological polar surface area (TPSA) is 46.5 Å². The molecule has 11 heavy (non-hydrogen) atoms. The molecular formula is C8H14O3. The largest absolute Gasteiger partial charge is 0.462 e. The highest BCUT2D eigenvalue weighted by molar-refractivity contribution is 5.72. The van der Waals surface area contributed by atoms with Crippen LogP contribution in [0, 0.1) is 11.8 Å². The number of esters is 1. The molecule has 3 nitrogen and oxygen atoms in total. The van der Waals surface area contributed by atoms with E-state index in [0.717, 1.165) is 0 Å². The molecular weight excluding hydrogens is 144 g/mol. The third-order valence-electron chi connectivity index (χ3n) is 2.17. The van der Waals surface area contributed by atoms with Crippen molar-refractivity contribution in [3.05, 3.63) is 0 Å². The molecule has 3 atom stereocenters. The quantitative estimate of drug-likeness (QED) is 0.597. The molecule has 1 fully saturated rings. The van der Waals surface area contributed by atoms with Crippen molar-refractivity contribution < 1.29 is 14.6 Å². The van der Waals surface area contributed by atoms with Crippen LogP contribution < -0.4 is 0 Å². The molecule has 0 unspecified atom stereocenters. The minimum atomic E-state index is -0.136. The highest BCUT2D eigenvalue weighted by atomic mass is 16.6. The summed E-state index contributed by atoms with van der Waals surface area (Å²) in [4.78, 5) is 10.8. The summed E-state index contributed by atoms with van der Waals surface area (Å²) in [7, 11) is 0. The van der Waals surface area contributed by atoms with Crippen LogP contribution in [0.1, 0.15) is 20.3 Å². The standard InChI is InChI=1S/C8H14O3/c1-5-3-7(10)11-8(5)6(2)4-9/h5-6,8-9H,3-4H2,1-2H3/t5-,6+,8+/m0/s1. The predicted octanol–water partition coefficient (Wildman–Crippen LogP) is 0.566. The van der Waals surface area contributed by atoms with Gasteiger partial charge in [0.1, 0.15) is 6.10 Å². The first-order valence-electron chi connectivity index (χ1n) is 3.95. The van der Waals surface area contributed by atoms with Crippen molar-refractivity contribution in [2.45, 2.75) is 26.4 Å². The lowest BCUT2D eigenvalue weighted by Gasteiger charge is -2.18. The van der Waals surface area contributed by atoms with E-state index in [0.29, 0.717) is 6.42 Å². The lowest BCUT2D eigenvalue weighted by atomic mass is 9.94. The van der Waals surface area contributed by atoms with Gasteiger partial charge in [0.25, 0.3) is 0 Å². The van der Waals surface area contributed by atoms with Gasteiger partial charge in [-0.25, -0.2) is 0 Å². The van der Waals surface area contributed by atoms with Crippen molar-refractivity contribution in [3.63, 3.8) is 0 Å². The van der Waals surface area contributed by atoms with E-state index < -0.39 is 0 Å². The molecule has 0 spiro atoms. The Morgan fingerprint density at radius 1 is 1.82 bits per heavy atom. The van der Waals surface area contributed by atoms with Crippen LogP contribution in [0.5, 0.6) is 0 Å². The van der Waals surface area contributed by atoms with E-state index in [-0.39, 0.29) is 30.5 Å². The molecule has 0 bridgehead atoms. The van der Waals surface area contributed by atoms with Crippen LogP contribution in [0.25, 0.3) is 0 Å². The predicted molar refractivity (Wildman–Crippen MR) is 39.9 cm³/mol. The maximum atomic E-state index is 10.8. The van der Waals surface area contributed by atoms with Gasteiger partial charge in [0, 0.05) is 18.4 Å². The molecule has 1 N–H and O–H groups in total. The first-order chi connectivity index (χ1) is 5.15. The Morgan fingerprint density at radius 3 is 2.82 bits per heavy atom. The lowest BCUT2D eigenvalue weighted by molar-refractivity contribution is -0.143. The van der Waals surface area contributed by atoms with E-state index >= 15 is 0 Å². The number of ether oxygens (including phenoxy) is 1. The summed E-state index contributed by atoms with van der Waals surface area (Å²) in [6.07, 6.45) is 0.419. The van der Waals surface area contributed by atoms with Gasteiger partial charge >= 0.3 is 5.97 Å². The lowest BCUT2D eigenvalue weighted by Crippen LogP contribution is -2.25. The number of carbonyl (C=O) groups is 1. The minimum absolute atomic E-state index is 0.0662. The fourth-order valence-electron chi connectivity index (χ4n) is 1.48. The highest BCUT2D eigenvalue weighted by Crippen LogP contribution is 2.26. The van der Waals surface area contributed by atoms with Gasteiger partial charge < -0.3 is 9.84 Å². The summed E-state index contributed by atoms with van der Waals surface area (Å²) < 4.78 is 5.03. The molecule has 0 radical (unpaired) electrons. The van der Waals surface area contributed by atoms with Gasteiger partial charge in [-0.3, -0.25) is 4.79 Å². The molecule has 0 aromatic carbocycles. The Hall–Kier alpha value is -0.570. The zero-order chi connectivity index (χ0) is 8.43. The summed E-state index contributed by atoms with van der Waals surface area (Å²) in [6, 6.07) is 0. The molecule has 0 aliphatic carbocycles. The normalized spacial score (nSPS) is 33.5. The summed E-state index contributed by atoms with van der Waals surface area (Å²) in [5, 5.41) is 8.81. The van der Waals surface area contributed by atoms with Crippen LogP contribution in [0.2, 0.25) is 0 Å². The summed E-state index contributed by atoms with van der Waals surface area (Å²) in [5.74, 6) is 0.184. The number of aliphatic hydroxyl groups is 1. The van der Waals surface area contributed by atoms with Crippen LogP contribution >= 0.6 is 0 Å². The fourth-order valence-corrected chi connectivity index (χ4v) is 1.48. The Morgan fingerprint density at radius 2 is 2.45 bits per heavy atom. The zero-order valence-corrected chi connectivity index (χ0v) is 6.91. The molecule has 64 valence electrons. The highest BCUT2D eigenvalue weighted by Gasteiger charge is 2.34. The number of cyclic esters (lactones) is 1. The molecule has 1 saturated heterocycles. The Labute approximate surface area is 66.4 Å². The van der Waals surface area contributed by atoms with Gasteiger partial charge in [0.05, 0.1) is 6.42 Å². The van der Waals surface area contributed by atoms with E-state index in [1.165, 1.54) is 0 Å². The van der Waals surface area contributed by atoms with Crippen LogP contribution in [0.3, 0.4) is 0 Å². The van der Waals surface area contributed by atoms with Crippen LogP contribution in [0.15, 0.2) is 0 Å². The van der Waals surface area contributed by atoms with E-state index in [1.807, 2.05) is 13.8 Å². The van der Waals surface area contributed by atoms with Crippen molar-refractivity contribution >= 4 is 5.97 Å². The Kier molecular flexibility index (Phi) is 2.49. The third kappa shape index (κ3) is 1.71. The number of aliphatic hydroxyl groups excluding tert-OH is 1. The van der Waals surface area contributed by atoms with Gasteiger partial charge in [-0.1, -0.05) is 13.8 Å². The number of hydrogen-bond acceptors (Lipinski definition) is 3. The molecule has 1 aliphatic rings. The second kappa shape index (κ2) is 3.22. The molecule has 3 heteroatoms. The minimum Gasteiger partial charge on any atom is -0.462 e. The van der Waals surface area contributed by atoms with E-state index in [9.17, 15) is 4.79 Å². The Bertz CT molecular complexity index is 155. The van der Waals surface area contributed by atoms with Gasteiger partial charge in [0.15, 0.2) is 0 Å². The van der Waals surface area contributed by atoms with Gasteiger partial charge in [0.2, 0.25) is 0 Å². The molecule has 1 rings (SSSR count). The van der Waals surface area contributed by atoms with Gasteiger partial charge in [-0.05, 0) is 0 Å². The van der Waals surface area contributed by atoms with Crippen LogP contribution in [-0.4, -0.2) is 23.8 Å². The SMILES string of the molecule is C[C@H](CO)[C@@H]1OC(=O)C[C@@H]1C. The van der Waals surface area contributed by atoms with Crippen LogP contribution in [0.4, 0.5) is 0 Å². The average Bonchev–Trinajstić information content (AvgIpc) is 2.28. The maximum absolute atomic E-state index is 10.8. The molecule has 1 heterocycles. The number of rotatable bonds is 2. The molecule has 0 aromatic heterocycles. The summed E-state index contributed by atoms with van der Waals surface area (Å²) >= 11 is 0. The average molecular weight is 158 g/mol. The second-order valence-electron chi connectivity index (χ2n) is 3.30. The van der Waals surface area contributed by atoms with E-state index in [4.69, 9.17) is 9.84 Å².